The number of fused-ring (bicyclic) bond motifs is 1. The maximum atomic E-state index is 12.1. The summed E-state index contributed by atoms with van der Waals surface area (Å²) in [7, 11) is 1.70. The number of hydrogen-bond donors (Lipinski definition) is 1. The van der Waals surface area contributed by atoms with Crippen LogP contribution in [0.1, 0.15) is 5.76 Å². The number of aromatic nitrogens is 1. The second-order valence-electron chi connectivity index (χ2n) is 5.21. The number of furan rings is 1. The van der Waals surface area contributed by atoms with Crippen molar-refractivity contribution < 1.29 is 9.21 Å². The monoisotopic (exact) mass is 362 g/mol. The van der Waals surface area contributed by atoms with Crippen molar-refractivity contribution in [2.45, 2.75) is 11.4 Å². The van der Waals surface area contributed by atoms with Gasteiger partial charge in [-0.25, -0.2) is 0 Å². The summed E-state index contributed by atoms with van der Waals surface area (Å²) in [5.41, 5.74) is 0.608. The van der Waals surface area contributed by atoms with Crippen LogP contribution in [0.2, 0.25) is 5.02 Å². The van der Waals surface area contributed by atoms with Crippen LogP contribution >= 0.6 is 23.4 Å². The predicted molar refractivity (Wildman–Crippen MR) is 95.5 cm³/mol. The van der Waals surface area contributed by atoms with Crippen LogP contribution in [0.25, 0.3) is 10.9 Å². The molecule has 1 amide bonds. The molecule has 0 aliphatic heterocycles. The van der Waals surface area contributed by atoms with E-state index in [0.717, 1.165) is 15.8 Å². The summed E-state index contributed by atoms with van der Waals surface area (Å²) < 4.78 is 6.71. The number of thioether (sulfide) groups is 1. The third-order valence-corrected chi connectivity index (χ3v) is 4.86. The Labute approximate surface area is 147 Å². The van der Waals surface area contributed by atoms with Crippen molar-refractivity contribution in [2.24, 2.45) is 7.05 Å². The number of carbonyl (C=O) groups is 1. The van der Waals surface area contributed by atoms with Crippen LogP contribution in [0.15, 0.2) is 56.8 Å². The minimum absolute atomic E-state index is 0.126. The molecule has 0 saturated carbocycles. The molecule has 0 radical (unpaired) electrons. The standard InChI is InChI=1S/C17H15ClN2O3S/c1-20-14-7-11(18)4-5-13(14)15(8-17(20)22)24-10-16(21)19-9-12-3-2-6-23-12/h2-8H,9-10H2,1H3,(H,19,21). The number of carbonyl (C=O) groups excluding carboxylic acids is 1. The van der Waals surface area contributed by atoms with Crippen LogP contribution in [0, 0.1) is 0 Å². The summed E-state index contributed by atoms with van der Waals surface area (Å²) in [5.74, 6) is 0.784. The van der Waals surface area contributed by atoms with Gasteiger partial charge in [-0.15, -0.1) is 11.8 Å². The molecule has 2 heterocycles. The maximum absolute atomic E-state index is 12.1. The minimum Gasteiger partial charge on any atom is -0.467 e. The Balaban J connectivity index is 1.74. The number of nitrogens with one attached hydrogen (secondary N) is 1. The summed E-state index contributed by atoms with van der Waals surface area (Å²) in [6.45, 7) is 0.347. The molecule has 0 fully saturated rings. The van der Waals surface area contributed by atoms with E-state index in [4.69, 9.17) is 16.0 Å². The first-order valence-corrected chi connectivity index (χ1v) is 8.62. The van der Waals surface area contributed by atoms with Gasteiger partial charge in [-0.1, -0.05) is 17.7 Å². The van der Waals surface area contributed by atoms with E-state index in [1.165, 1.54) is 11.8 Å². The highest BCUT2D eigenvalue weighted by Crippen LogP contribution is 2.28. The molecule has 3 rings (SSSR count). The van der Waals surface area contributed by atoms with Gasteiger partial charge in [0.1, 0.15) is 5.76 Å². The molecule has 24 heavy (non-hydrogen) atoms. The molecule has 0 spiro atoms. The Morgan fingerprint density at radius 2 is 2.17 bits per heavy atom. The van der Waals surface area contributed by atoms with Crippen LogP contribution in [0.4, 0.5) is 0 Å². The van der Waals surface area contributed by atoms with Crippen LogP contribution in [-0.4, -0.2) is 16.2 Å². The maximum Gasteiger partial charge on any atom is 0.251 e. The van der Waals surface area contributed by atoms with E-state index in [2.05, 4.69) is 5.32 Å². The van der Waals surface area contributed by atoms with Gasteiger partial charge in [-0.2, -0.15) is 0 Å². The van der Waals surface area contributed by atoms with Gasteiger partial charge in [-0.05, 0) is 24.3 Å². The van der Waals surface area contributed by atoms with E-state index in [1.54, 1.807) is 48.2 Å². The molecule has 2 aromatic heterocycles. The summed E-state index contributed by atoms with van der Waals surface area (Å²) in [6.07, 6.45) is 1.56. The zero-order chi connectivity index (χ0) is 17.1. The van der Waals surface area contributed by atoms with Gasteiger partial charge < -0.3 is 14.3 Å². The first-order valence-electron chi connectivity index (χ1n) is 7.26. The van der Waals surface area contributed by atoms with Crippen molar-refractivity contribution in [1.82, 2.24) is 9.88 Å². The first-order chi connectivity index (χ1) is 11.5. The van der Waals surface area contributed by atoms with E-state index >= 15 is 0 Å². The fourth-order valence-corrected chi connectivity index (χ4v) is 3.38. The highest BCUT2D eigenvalue weighted by atomic mass is 35.5. The Bertz CT molecular complexity index is 935. The molecule has 0 atom stereocenters. The minimum atomic E-state index is -0.136. The second kappa shape index (κ2) is 7.15. The predicted octanol–water partition coefficient (Wildman–Crippen LogP) is 3.19. The number of benzene rings is 1. The fourth-order valence-electron chi connectivity index (χ4n) is 2.31. The molecule has 1 aromatic carbocycles. The molecule has 3 aromatic rings. The molecule has 1 N–H and O–H groups in total. The zero-order valence-corrected chi connectivity index (χ0v) is 14.5. The van der Waals surface area contributed by atoms with Crippen molar-refractivity contribution in [3.05, 3.63) is 63.8 Å². The quantitative estimate of drug-likeness (QED) is 0.708. The van der Waals surface area contributed by atoms with Gasteiger partial charge in [0.05, 0.1) is 24.1 Å². The molecule has 124 valence electrons. The van der Waals surface area contributed by atoms with Gasteiger partial charge in [0.25, 0.3) is 5.56 Å². The lowest BCUT2D eigenvalue weighted by Gasteiger charge is -2.10. The van der Waals surface area contributed by atoms with E-state index in [-0.39, 0.29) is 17.2 Å². The van der Waals surface area contributed by atoms with Gasteiger partial charge in [0.2, 0.25) is 5.91 Å². The van der Waals surface area contributed by atoms with Crippen LogP contribution in [-0.2, 0) is 18.4 Å². The lowest BCUT2D eigenvalue weighted by molar-refractivity contribution is -0.118. The highest BCUT2D eigenvalue weighted by Gasteiger charge is 2.10. The number of amides is 1. The van der Waals surface area contributed by atoms with E-state index < -0.39 is 0 Å². The topological polar surface area (TPSA) is 64.2 Å². The SMILES string of the molecule is Cn1c(=O)cc(SCC(=O)NCc2ccco2)c2ccc(Cl)cc21. The number of hydrogen-bond acceptors (Lipinski definition) is 4. The average Bonchev–Trinajstić information content (AvgIpc) is 3.08. The van der Waals surface area contributed by atoms with Gasteiger partial charge >= 0.3 is 0 Å². The van der Waals surface area contributed by atoms with E-state index in [9.17, 15) is 9.59 Å². The van der Waals surface area contributed by atoms with Crippen LogP contribution in [0.5, 0.6) is 0 Å². The molecule has 0 unspecified atom stereocenters. The van der Waals surface area contributed by atoms with Crippen LogP contribution in [0.3, 0.4) is 0 Å². The highest BCUT2D eigenvalue weighted by molar-refractivity contribution is 8.00. The number of halogens is 1. The lowest BCUT2D eigenvalue weighted by atomic mass is 10.2. The number of pyridine rings is 1. The Kier molecular flexibility index (Phi) is 4.97. The molecule has 0 aliphatic carbocycles. The Hall–Kier alpha value is -2.18. The van der Waals surface area contributed by atoms with Crippen molar-refractivity contribution >= 4 is 40.2 Å². The average molecular weight is 363 g/mol. The summed E-state index contributed by atoms with van der Waals surface area (Å²) in [4.78, 5) is 24.8. The van der Waals surface area contributed by atoms with Crippen molar-refractivity contribution in [1.29, 1.82) is 0 Å². The van der Waals surface area contributed by atoms with E-state index in [0.29, 0.717) is 17.3 Å². The molecule has 7 heteroatoms. The summed E-state index contributed by atoms with van der Waals surface area (Å²) in [6, 6.07) is 10.5. The zero-order valence-electron chi connectivity index (χ0n) is 12.9. The van der Waals surface area contributed by atoms with Gasteiger partial charge in [0, 0.05) is 28.4 Å². The molecular formula is C17H15ClN2O3S. The number of rotatable bonds is 5. The normalized spacial score (nSPS) is 10.9. The molecular weight excluding hydrogens is 348 g/mol. The van der Waals surface area contributed by atoms with Crippen LogP contribution < -0.4 is 10.9 Å². The summed E-state index contributed by atoms with van der Waals surface area (Å²) in [5, 5.41) is 4.24. The second-order valence-corrected chi connectivity index (χ2v) is 6.67. The van der Waals surface area contributed by atoms with Gasteiger partial charge in [0.15, 0.2) is 0 Å². The Morgan fingerprint density at radius 1 is 1.33 bits per heavy atom. The molecule has 0 aliphatic rings. The van der Waals surface area contributed by atoms with Crippen molar-refractivity contribution in [2.75, 3.05) is 5.75 Å². The lowest BCUT2D eigenvalue weighted by Crippen LogP contribution is -2.24. The Morgan fingerprint density at radius 3 is 2.92 bits per heavy atom. The number of nitrogens with zero attached hydrogens (tertiary/aromatic N) is 1. The smallest absolute Gasteiger partial charge is 0.251 e. The molecule has 0 saturated heterocycles. The third kappa shape index (κ3) is 3.66. The van der Waals surface area contributed by atoms with Crippen molar-refractivity contribution in [3.8, 4) is 0 Å². The summed E-state index contributed by atoms with van der Waals surface area (Å²) >= 11 is 7.34. The molecule has 5 nitrogen and oxygen atoms in total. The molecule has 0 bridgehead atoms. The van der Waals surface area contributed by atoms with E-state index in [1.807, 2.05) is 6.07 Å². The van der Waals surface area contributed by atoms with Gasteiger partial charge in [-0.3, -0.25) is 9.59 Å². The van der Waals surface area contributed by atoms with Crippen molar-refractivity contribution in [3.63, 3.8) is 0 Å². The fraction of sp³-hybridized carbons (Fsp3) is 0.176. The largest absolute Gasteiger partial charge is 0.467 e. The number of aryl methyl sites for hydroxylation is 1. The first kappa shape index (κ1) is 16.7. The third-order valence-electron chi connectivity index (χ3n) is 3.57.